The summed E-state index contributed by atoms with van der Waals surface area (Å²) in [6.07, 6.45) is -3.87. The molecule has 1 aromatic rings. The Hall–Kier alpha value is -2.86. The lowest BCUT2D eigenvalue weighted by atomic mass is 10.1. The van der Waals surface area contributed by atoms with Crippen LogP contribution < -0.4 is 11.2 Å². The van der Waals surface area contributed by atoms with Crippen molar-refractivity contribution in [3.63, 3.8) is 0 Å². The second kappa shape index (κ2) is 7.80. The number of ether oxygens (including phenoxy) is 5. The van der Waals surface area contributed by atoms with Gasteiger partial charge in [-0.15, -0.1) is 0 Å². The minimum atomic E-state index is -1.03. The van der Waals surface area contributed by atoms with Crippen molar-refractivity contribution in [1.82, 2.24) is 9.55 Å². The molecule has 0 bridgehead atoms. The normalized spacial score (nSPS) is 27.3. The zero-order valence-electron chi connectivity index (χ0n) is 14.6. The standard InChI is InChI=1S/C15H19N3O9/c1-3-7(2)24-14(20)23-6-8-10-11(27-15(21)26-10)12(25-8)18-5-4-9(17-22)16-13(18)19/h4-5,7-8,10-12,22H,3,6H2,1-2H3,(H,16,17,19)/t7-,8-,10-,11-,12-/m1/s1. The van der Waals surface area contributed by atoms with Gasteiger partial charge >= 0.3 is 18.0 Å². The average Bonchev–Trinajstić information content (AvgIpc) is 3.17. The molecule has 3 heterocycles. The SMILES string of the molecule is CC[C@@H](C)OC(=O)OC[C@H]1O[C@@H](n2ccc(NO)nc2=O)[C@@H]2OC(=O)O[C@@H]21. The van der Waals surface area contributed by atoms with Crippen LogP contribution in [0.25, 0.3) is 0 Å². The molecule has 2 fully saturated rings. The number of hydrogen-bond donors (Lipinski definition) is 2. The van der Waals surface area contributed by atoms with Gasteiger partial charge in [0.15, 0.2) is 24.3 Å². The molecule has 5 atom stereocenters. The van der Waals surface area contributed by atoms with Gasteiger partial charge in [0.2, 0.25) is 0 Å². The van der Waals surface area contributed by atoms with Crippen molar-refractivity contribution in [1.29, 1.82) is 0 Å². The molecule has 0 aromatic carbocycles. The number of aromatic nitrogens is 2. The molecule has 2 aliphatic heterocycles. The van der Waals surface area contributed by atoms with E-state index in [1.165, 1.54) is 12.3 Å². The van der Waals surface area contributed by atoms with Gasteiger partial charge in [-0.25, -0.2) is 14.4 Å². The molecular weight excluding hydrogens is 366 g/mol. The van der Waals surface area contributed by atoms with Crippen molar-refractivity contribution in [2.24, 2.45) is 0 Å². The average molecular weight is 385 g/mol. The van der Waals surface area contributed by atoms with Crippen LogP contribution in [0.3, 0.4) is 0 Å². The van der Waals surface area contributed by atoms with E-state index in [0.29, 0.717) is 6.42 Å². The van der Waals surface area contributed by atoms with Crippen molar-refractivity contribution < 1.29 is 38.5 Å². The van der Waals surface area contributed by atoms with E-state index in [2.05, 4.69) is 4.98 Å². The second-order valence-corrected chi connectivity index (χ2v) is 5.99. The molecule has 2 saturated heterocycles. The van der Waals surface area contributed by atoms with E-state index in [9.17, 15) is 14.4 Å². The monoisotopic (exact) mass is 385 g/mol. The number of anilines is 1. The summed E-state index contributed by atoms with van der Waals surface area (Å²) in [4.78, 5) is 38.9. The van der Waals surface area contributed by atoms with E-state index in [1.807, 2.05) is 6.92 Å². The third-order valence-electron chi connectivity index (χ3n) is 4.21. The highest BCUT2D eigenvalue weighted by Gasteiger charge is 2.55. The summed E-state index contributed by atoms with van der Waals surface area (Å²) in [5, 5.41) is 8.81. The van der Waals surface area contributed by atoms with Crippen LogP contribution in [-0.4, -0.2) is 58.1 Å². The smallest absolute Gasteiger partial charge is 0.431 e. The van der Waals surface area contributed by atoms with Gasteiger partial charge in [-0.2, -0.15) is 4.98 Å². The topological polar surface area (TPSA) is 147 Å². The molecule has 0 radical (unpaired) electrons. The minimum absolute atomic E-state index is 0.0573. The highest BCUT2D eigenvalue weighted by atomic mass is 16.8. The first-order valence-corrected chi connectivity index (χ1v) is 8.28. The van der Waals surface area contributed by atoms with Gasteiger partial charge in [-0.1, -0.05) is 6.92 Å². The van der Waals surface area contributed by atoms with E-state index in [0.717, 1.165) is 4.57 Å². The number of carbonyl (C=O) groups is 2. The van der Waals surface area contributed by atoms with E-state index >= 15 is 0 Å². The molecular formula is C15H19N3O9. The highest BCUT2D eigenvalue weighted by molar-refractivity contribution is 5.63. The molecule has 2 N–H and O–H groups in total. The fourth-order valence-corrected chi connectivity index (χ4v) is 2.68. The molecule has 1 aromatic heterocycles. The zero-order chi connectivity index (χ0) is 19.6. The van der Waals surface area contributed by atoms with Crippen molar-refractivity contribution in [2.75, 3.05) is 12.1 Å². The van der Waals surface area contributed by atoms with Crippen LogP contribution in [-0.2, 0) is 23.7 Å². The molecule has 0 amide bonds. The first-order chi connectivity index (χ1) is 12.9. The van der Waals surface area contributed by atoms with Crippen LogP contribution in [0.5, 0.6) is 0 Å². The molecule has 0 spiro atoms. The predicted octanol–water partition coefficient (Wildman–Crippen LogP) is 0.797. The van der Waals surface area contributed by atoms with Gasteiger partial charge in [0.1, 0.15) is 18.8 Å². The van der Waals surface area contributed by atoms with Gasteiger partial charge in [-0.3, -0.25) is 15.3 Å². The maximum Gasteiger partial charge on any atom is 0.509 e. The largest absolute Gasteiger partial charge is 0.509 e. The first-order valence-electron chi connectivity index (χ1n) is 8.28. The molecule has 0 aliphatic carbocycles. The van der Waals surface area contributed by atoms with Crippen LogP contribution in [0.2, 0.25) is 0 Å². The fraction of sp³-hybridized carbons (Fsp3) is 0.600. The Morgan fingerprint density at radius 1 is 1.41 bits per heavy atom. The number of nitrogens with zero attached hydrogens (tertiary/aromatic N) is 2. The Morgan fingerprint density at radius 3 is 2.81 bits per heavy atom. The second-order valence-electron chi connectivity index (χ2n) is 5.99. The summed E-state index contributed by atoms with van der Waals surface area (Å²) in [5.74, 6) is -0.0573. The van der Waals surface area contributed by atoms with Crippen LogP contribution in [0.1, 0.15) is 26.5 Å². The van der Waals surface area contributed by atoms with Gasteiger partial charge in [-0.05, 0) is 19.4 Å². The number of nitrogens with one attached hydrogen (secondary N) is 1. The number of rotatable bonds is 6. The van der Waals surface area contributed by atoms with Crippen LogP contribution in [0.4, 0.5) is 15.4 Å². The highest BCUT2D eigenvalue weighted by Crippen LogP contribution is 2.37. The summed E-state index contributed by atoms with van der Waals surface area (Å²) in [5.41, 5.74) is 1.00. The zero-order valence-corrected chi connectivity index (χ0v) is 14.6. The molecule has 148 valence electrons. The Labute approximate surface area is 152 Å². The number of carbonyl (C=O) groups excluding carboxylic acids is 2. The Balaban J connectivity index is 1.72. The van der Waals surface area contributed by atoms with E-state index < -0.39 is 42.5 Å². The van der Waals surface area contributed by atoms with Gasteiger partial charge in [0.25, 0.3) is 0 Å². The van der Waals surface area contributed by atoms with Crippen LogP contribution in [0, 0.1) is 0 Å². The summed E-state index contributed by atoms with van der Waals surface area (Å²) in [7, 11) is 0. The molecule has 0 saturated carbocycles. The quantitative estimate of drug-likeness (QED) is 0.529. The van der Waals surface area contributed by atoms with Crippen molar-refractivity contribution >= 4 is 18.1 Å². The predicted molar refractivity (Wildman–Crippen MR) is 85.1 cm³/mol. The Bertz CT molecular complexity index is 767. The number of hydrogen-bond acceptors (Lipinski definition) is 11. The molecule has 12 nitrogen and oxygen atoms in total. The van der Waals surface area contributed by atoms with E-state index in [-0.39, 0.29) is 18.5 Å². The lowest BCUT2D eigenvalue weighted by Crippen LogP contribution is -2.34. The first kappa shape index (κ1) is 18.9. The minimum Gasteiger partial charge on any atom is -0.431 e. The van der Waals surface area contributed by atoms with Crippen molar-refractivity contribution in [2.45, 2.75) is 50.9 Å². The molecule has 27 heavy (non-hydrogen) atoms. The Morgan fingerprint density at radius 2 is 2.15 bits per heavy atom. The summed E-state index contributed by atoms with van der Waals surface area (Å²) < 4.78 is 26.9. The summed E-state index contributed by atoms with van der Waals surface area (Å²) in [6.45, 7) is 3.31. The molecule has 2 aliphatic rings. The maximum absolute atomic E-state index is 12.1. The van der Waals surface area contributed by atoms with Gasteiger partial charge in [0.05, 0.1) is 0 Å². The number of fused-ring (bicyclic) bond motifs is 1. The fourth-order valence-electron chi connectivity index (χ4n) is 2.68. The third-order valence-corrected chi connectivity index (χ3v) is 4.21. The Kier molecular flexibility index (Phi) is 5.46. The van der Waals surface area contributed by atoms with Gasteiger partial charge < -0.3 is 23.7 Å². The maximum atomic E-state index is 12.1. The molecule has 3 rings (SSSR count). The van der Waals surface area contributed by atoms with E-state index in [1.54, 1.807) is 12.4 Å². The summed E-state index contributed by atoms with van der Waals surface area (Å²) in [6, 6.07) is 1.32. The van der Waals surface area contributed by atoms with Gasteiger partial charge in [0, 0.05) is 6.20 Å². The van der Waals surface area contributed by atoms with Crippen molar-refractivity contribution in [3.8, 4) is 0 Å². The van der Waals surface area contributed by atoms with E-state index in [4.69, 9.17) is 28.9 Å². The third kappa shape index (κ3) is 3.95. The lowest BCUT2D eigenvalue weighted by molar-refractivity contribution is -0.0822. The summed E-state index contributed by atoms with van der Waals surface area (Å²) >= 11 is 0. The molecule has 12 heteroatoms. The molecule has 0 unspecified atom stereocenters. The van der Waals surface area contributed by atoms with Crippen LogP contribution >= 0.6 is 0 Å². The lowest BCUT2D eigenvalue weighted by Gasteiger charge is -2.18. The van der Waals surface area contributed by atoms with Crippen LogP contribution in [0.15, 0.2) is 17.1 Å². The van der Waals surface area contributed by atoms with Crippen molar-refractivity contribution in [3.05, 3.63) is 22.7 Å².